The molecule has 2 aliphatic rings. The summed E-state index contributed by atoms with van der Waals surface area (Å²) in [6.07, 6.45) is 8.17. The molecule has 1 saturated carbocycles. The molecule has 2 aliphatic carbocycles. The van der Waals surface area contributed by atoms with Gasteiger partial charge in [0, 0.05) is 6.54 Å². The Bertz CT molecular complexity index is 769. The van der Waals surface area contributed by atoms with Crippen LogP contribution >= 0.6 is 0 Å². The van der Waals surface area contributed by atoms with Gasteiger partial charge in [-0.3, -0.25) is 0 Å². The molecule has 2 N–H and O–H groups in total. The third-order valence-electron chi connectivity index (χ3n) is 4.78. The molecule has 3 rings (SSSR count). The lowest BCUT2D eigenvalue weighted by Crippen LogP contribution is -2.42. The fourth-order valence-electron chi connectivity index (χ4n) is 3.65. The van der Waals surface area contributed by atoms with Crippen molar-refractivity contribution in [2.75, 3.05) is 6.54 Å². The smallest absolute Gasteiger partial charge is 0.328 e. The van der Waals surface area contributed by atoms with Gasteiger partial charge in [0.15, 0.2) is 0 Å². The Balaban J connectivity index is 1.59. The van der Waals surface area contributed by atoms with E-state index in [0.717, 1.165) is 12.8 Å². The molecule has 0 aliphatic heterocycles. The molecule has 3 unspecified atom stereocenters. The number of hydrogen-bond acceptors (Lipinski definition) is 3. The summed E-state index contributed by atoms with van der Waals surface area (Å²) in [5.74, 6) is 1.55. The topological polar surface area (TPSA) is 75.3 Å². The van der Waals surface area contributed by atoms with Crippen LogP contribution in [0.15, 0.2) is 48.6 Å². The molecule has 0 saturated heterocycles. The summed E-state index contributed by atoms with van der Waals surface area (Å²) < 4.78 is 27.0. The van der Waals surface area contributed by atoms with Gasteiger partial charge in [0.1, 0.15) is 0 Å². The van der Waals surface area contributed by atoms with Crippen LogP contribution < -0.4 is 10.0 Å². The number of fused-ring (bicyclic) bond motifs is 2. The van der Waals surface area contributed by atoms with Crippen molar-refractivity contribution in [3.8, 4) is 0 Å². The zero-order valence-corrected chi connectivity index (χ0v) is 14.4. The number of sulfonamides is 1. The lowest BCUT2D eigenvalue weighted by Gasteiger charge is -2.19. The van der Waals surface area contributed by atoms with E-state index in [1.54, 1.807) is 31.2 Å². The SMILES string of the molecule is C/C=C(/c1ccccc1)S(=O)(=O)NC(=O)NCC1CC2C=CC1C2. The van der Waals surface area contributed by atoms with Crippen molar-refractivity contribution < 1.29 is 13.2 Å². The van der Waals surface area contributed by atoms with E-state index in [0.29, 0.717) is 29.9 Å². The van der Waals surface area contributed by atoms with Gasteiger partial charge in [0.25, 0.3) is 10.0 Å². The van der Waals surface area contributed by atoms with Crippen molar-refractivity contribution in [3.05, 3.63) is 54.1 Å². The molecule has 128 valence electrons. The molecular weight excluding hydrogens is 324 g/mol. The van der Waals surface area contributed by atoms with Crippen molar-refractivity contribution in [3.63, 3.8) is 0 Å². The number of hydrogen-bond donors (Lipinski definition) is 2. The summed E-state index contributed by atoms with van der Waals surface area (Å²) in [5.41, 5.74) is 0.554. The van der Waals surface area contributed by atoms with Gasteiger partial charge in [-0.25, -0.2) is 17.9 Å². The predicted molar refractivity (Wildman–Crippen MR) is 94.4 cm³/mol. The van der Waals surface area contributed by atoms with E-state index in [9.17, 15) is 13.2 Å². The maximum atomic E-state index is 12.4. The number of nitrogens with one attached hydrogen (secondary N) is 2. The van der Waals surface area contributed by atoms with Crippen LogP contribution in [0.3, 0.4) is 0 Å². The summed E-state index contributed by atoms with van der Waals surface area (Å²) in [6, 6.07) is 8.07. The maximum Gasteiger partial charge on any atom is 0.328 e. The quantitative estimate of drug-likeness (QED) is 0.805. The van der Waals surface area contributed by atoms with E-state index in [4.69, 9.17) is 0 Å². The largest absolute Gasteiger partial charge is 0.337 e. The van der Waals surface area contributed by atoms with E-state index in [-0.39, 0.29) is 4.91 Å². The summed E-state index contributed by atoms with van der Waals surface area (Å²) >= 11 is 0. The van der Waals surface area contributed by atoms with Crippen LogP contribution in [0.1, 0.15) is 25.3 Å². The first-order valence-corrected chi connectivity index (χ1v) is 9.68. The normalized spacial score (nSPS) is 25.7. The fourth-order valence-corrected chi connectivity index (χ4v) is 4.83. The zero-order chi connectivity index (χ0) is 17.2. The highest BCUT2D eigenvalue weighted by Gasteiger charge is 2.35. The van der Waals surface area contributed by atoms with Crippen LogP contribution in [-0.2, 0) is 10.0 Å². The average Bonchev–Trinajstić information content (AvgIpc) is 3.16. The minimum atomic E-state index is -3.90. The highest BCUT2D eigenvalue weighted by atomic mass is 32.2. The third-order valence-corrected chi connectivity index (χ3v) is 6.28. The average molecular weight is 346 g/mol. The second kappa shape index (κ2) is 6.81. The standard InChI is InChI=1S/C18H22N2O3S/c1-2-17(14-6-4-3-5-7-14)24(22,23)20-18(21)19-12-16-11-13-8-9-15(16)10-13/h2-9,13,15-16H,10-12H2,1H3,(H2,19,20,21)/b17-2-. The Morgan fingerprint density at radius 3 is 2.54 bits per heavy atom. The minimum Gasteiger partial charge on any atom is -0.337 e. The zero-order valence-electron chi connectivity index (χ0n) is 13.6. The van der Waals surface area contributed by atoms with Gasteiger partial charge < -0.3 is 5.32 Å². The number of benzene rings is 1. The first kappa shape index (κ1) is 16.8. The molecule has 2 amide bonds. The Kier molecular flexibility index (Phi) is 4.76. The van der Waals surface area contributed by atoms with Gasteiger partial charge in [-0.05, 0) is 43.1 Å². The number of amides is 2. The van der Waals surface area contributed by atoms with Crippen LogP contribution in [0.25, 0.3) is 4.91 Å². The predicted octanol–water partition coefficient (Wildman–Crippen LogP) is 2.89. The molecule has 0 aromatic heterocycles. The Morgan fingerprint density at radius 1 is 1.21 bits per heavy atom. The van der Waals surface area contributed by atoms with Crippen LogP contribution in [-0.4, -0.2) is 21.0 Å². The number of urea groups is 1. The monoisotopic (exact) mass is 346 g/mol. The third kappa shape index (κ3) is 3.53. The second-order valence-electron chi connectivity index (χ2n) is 6.37. The lowest BCUT2D eigenvalue weighted by atomic mass is 9.94. The highest BCUT2D eigenvalue weighted by molar-refractivity contribution is 7.99. The molecule has 0 heterocycles. The van der Waals surface area contributed by atoms with Crippen molar-refractivity contribution in [2.45, 2.75) is 19.8 Å². The minimum absolute atomic E-state index is 0.0982. The summed E-state index contributed by atoms with van der Waals surface area (Å²) in [5, 5.41) is 2.71. The van der Waals surface area contributed by atoms with Crippen molar-refractivity contribution in [1.29, 1.82) is 0 Å². The molecule has 0 spiro atoms. The van der Waals surface area contributed by atoms with Crippen LogP contribution in [0, 0.1) is 17.8 Å². The molecule has 3 atom stereocenters. The van der Waals surface area contributed by atoms with Crippen molar-refractivity contribution in [2.24, 2.45) is 17.8 Å². The Hall–Kier alpha value is -2.08. The molecule has 1 aromatic carbocycles. The first-order chi connectivity index (χ1) is 11.5. The second-order valence-corrected chi connectivity index (χ2v) is 8.03. The van der Waals surface area contributed by atoms with Gasteiger partial charge in [0.2, 0.25) is 0 Å². The maximum absolute atomic E-state index is 12.4. The molecule has 1 fully saturated rings. The van der Waals surface area contributed by atoms with Crippen LogP contribution in [0.2, 0.25) is 0 Å². The summed E-state index contributed by atoms with van der Waals surface area (Å²) in [7, 11) is -3.90. The van der Waals surface area contributed by atoms with Crippen LogP contribution in [0.4, 0.5) is 4.79 Å². The first-order valence-electron chi connectivity index (χ1n) is 8.20. The van der Waals surface area contributed by atoms with E-state index < -0.39 is 16.1 Å². The summed E-state index contributed by atoms with van der Waals surface area (Å²) in [6.45, 7) is 2.14. The van der Waals surface area contributed by atoms with Gasteiger partial charge in [-0.1, -0.05) is 48.6 Å². The molecule has 6 heteroatoms. The van der Waals surface area contributed by atoms with E-state index in [1.807, 2.05) is 6.07 Å². The molecule has 0 radical (unpaired) electrons. The number of carbonyl (C=O) groups excluding carboxylic acids is 1. The molecule has 5 nitrogen and oxygen atoms in total. The summed E-state index contributed by atoms with van der Waals surface area (Å²) in [4.78, 5) is 12.1. The highest BCUT2D eigenvalue weighted by Crippen LogP contribution is 2.42. The molecule has 2 bridgehead atoms. The molecule has 1 aromatic rings. The number of rotatable bonds is 5. The van der Waals surface area contributed by atoms with Gasteiger partial charge >= 0.3 is 6.03 Å². The number of allylic oxidation sites excluding steroid dienone is 3. The lowest BCUT2D eigenvalue weighted by molar-refractivity contribution is 0.243. The fraction of sp³-hybridized carbons (Fsp3) is 0.389. The van der Waals surface area contributed by atoms with E-state index >= 15 is 0 Å². The van der Waals surface area contributed by atoms with Gasteiger partial charge in [-0.15, -0.1) is 0 Å². The van der Waals surface area contributed by atoms with Gasteiger partial charge in [-0.2, -0.15) is 0 Å². The van der Waals surface area contributed by atoms with E-state index in [2.05, 4.69) is 22.2 Å². The Labute approximate surface area is 142 Å². The van der Waals surface area contributed by atoms with Crippen molar-refractivity contribution >= 4 is 21.0 Å². The van der Waals surface area contributed by atoms with E-state index in [1.165, 1.54) is 6.08 Å². The number of carbonyl (C=O) groups is 1. The Morgan fingerprint density at radius 2 is 1.96 bits per heavy atom. The van der Waals surface area contributed by atoms with Crippen molar-refractivity contribution in [1.82, 2.24) is 10.0 Å². The van der Waals surface area contributed by atoms with Crippen LogP contribution in [0.5, 0.6) is 0 Å². The molecule has 24 heavy (non-hydrogen) atoms. The van der Waals surface area contributed by atoms with Gasteiger partial charge in [0.05, 0.1) is 4.91 Å². The molecular formula is C18H22N2O3S.